The molecule has 0 spiro atoms. The number of amides is 3. The smallest absolute Gasteiger partial charge is 0.319 e. The lowest BCUT2D eigenvalue weighted by Crippen LogP contribution is -2.36. The molecule has 7 nitrogen and oxygen atoms in total. The molecule has 0 saturated heterocycles. The van der Waals surface area contributed by atoms with Crippen LogP contribution in [-0.4, -0.2) is 28.2 Å². The lowest BCUT2D eigenvalue weighted by molar-refractivity contribution is 0.0997. The van der Waals surface area contributed by atoms with E-state index in [2.05, 4.69) is 20.8 Å². The number of aromatic amines is 1. The van der Waals surface area contributed by atoms with Crippen LogP contribution in [-0.2, 0) is 0 Å². The van der Waals surface area contributed by atoms with Crippen molar-refractivity contribution in [3.63, 3.8) is 0 Å². The second-order valence-corrected chi connectivity index (χ2v) is 5.28. The molecule has 1 saturated carbocycles. The van der Waals surface area contributed by atoms with Crippen LogP contribution in [0.5, 0.6) is 0 Å². The van der Waals surface area contributed by atoms with E-state index < -0.39 is 5.91 Å². The number of nitrogens with one attached hydrogen (secondary N) is 3. The number of carbonyl (C=O) groups excluding carboxylic acids is 2. The Kier molecular flexibility index (Phi) is 3.47. The molecule has 0 atom stereocenters. The zero-order valence-electron chi connectivity index (χ0n) is 11.5. The number of H-pyrrole nitrogens is 1. The monoisotopic (exact) mass is 287 g/mol. The Hall–Kier alpha value is -2.57. The van der Waals surface area contributed by atoms with Crippen molar-refractivity contribution in [2.45, 2.75) is 31.7 Å². The maximum Gasteiger partial charge on any atom is 0.319 e. The minimum absolute atomic E-state index is 0.171. The number of primary amides is 1. The number of nitrogens with two attached hydrogens (primary N) is 1. The van der Waals surface area contributed by atoms with Gasteiger partial charge in [-0.3, -0.25) is 9.89 Å². The average molecular weight is 287 g/mol. The fourth-order valence-electron chi connectivity index (χ4n) is 2.70. The van der Waals surface area contributed by atoms with Crippen LogP contribution in [0.4, 0.5) is 10.5 Å². The molecule has 5 N–H and O–H groups in total. The number of rotatable bonds is 3. The molecule has 1 aliphatic rings. The summed E-state index contributed by atoms with van der Waals surface area (Å²) < 4.78 is 0. The first kappa shape index (κ1) is 13.4. The minimum Gasteiger partial charge on any atom is -0.364 e. The molecule has 1 heterocycles. The van der Waals surface area contributed by atoms with Gasteiger partial charge in [-0.25, -0.2) is 4.79 Å². The van der Waals surface area contributed by atoms with Crippen LogP contribution in [0.1, 0.15) is 36.2 Å². The maximum absolute atomic E-state index is 11.9. The number of aromatic nitrogens is 2. The molecule has 21 heavy (non-hydrogen) atoms. The Bertz CT molecular complexity index is 688. The summed E-state index contributed by atoms with van der Waals surface area (Å²) in [4.78, 5) is 23.2. The molecule has 0 unspecified atom stereocenters. The summed E-state index contributed by atoms with van der Waals surface area (Å²) in [6, 6.07) is 5.21. The highest BCUT2D eigenvalue weighted by Crippen LogP contribution is 2.21. The largest absolute Gasteiger partial charge is 0.364 e. The number of carbonyl (C=O) groups is 2. The van der Waals surface area contributed by atoms with Crippen molar-refractivity contribution in [3.05, 3.63) is 23.9 Å². The zero-order valence-corrected chi connectivity index (χ0v) is 11.5. The highest BCUT2D eigenvalue weighted by molar-refractivity contribution is 6.05. The van der Waals surface area contributed by atoms with Gasteiger partial charge in [0.1, 0.15) is 0 Å². The number of fused-ring (bicyclic) bond motifs is 1. The topological polar surface area (TPSA) is 113 Å². The van der Waals surface area contributed by atoms with Gasteiger partial charge in [0.05, 0.1) is 5.52 Å². The van der Waals surface area contributed by atoms with E-state index >= 15 is 0 Å². The van der Waals surface area contributed by atoms with E-state index in [4.69, 9.17) is 5.73 Å². The van der Waals surface area contributed by atoms with Crippen LogP contribution < -0.4 is 16.4 Å². The number of anilines is 1. The van der Waals surface area contributed by atoms with E-state index in [-0.39, 0.29) is 17.8 Å². The van der Waals surface area contributed by atoms with Crippen LogP contribution in [0, 0.1) is 0 Å². The van der Waals surface area contributed by atoms with E-state index in [9.17, 15) is 9.59 Å². The summed E-state index contributed by atoms with van der Waals surface area (Å²) in [5.41, 5.74) is 6.73. The predicted molar refractivity (Wildman–Crippen MR) is 79.0 cm³/mol. The van der Waals surface area contributed by atoms with Gasteiger partial charge < -0.3 is 16.4 Å². The Morgan fingerprint density at radius 1 is 1.29 bits per heavy atom. The van der Waals surface area contributed by atoms with Gasteiger partial charge in [0.15, 0.2) is 5.69 Å². The maximum atomic E-state index is 11.9. The summed E-state index contributed by atoms with van der Waals surface area (Å²) in [5.74, 6) is -0.603. The molecule has 0 aliphatic heterocycles. The molecule has 3 rings (SSSR count). The number of nitrogens with zero attached hydrogens (tertiary/aromatic N) is 1. The van der Waals surface area contributed by atoms with Crippen molar-refractivity contribution in [2.75, 3.05) is 5.32 Å². The van der Waals surface area contributed by atoms with Crippen molar-refractivity contribution >= 4 is 28.5 Å². The summed E-state index contributed by atoms with van der Waals surface area (Å²) in [7, 11) is 0. The standard InChI is InChI=1S/C14H17N5O2/c15-13(20)12-10-7-9(5-6-11(10)18-19-12)17-14(21)16-8-3-1-2-4-8/h5-8H,1-4H2,(H2,15,20)(H,18,19)(H2,16,17,21). The van der Waals surface area contributed by atoms with E-state index in [1.54, 1.807) is 18.2 Å². The van der Waals surface area contributed by atoms with Crippen LogP contribution in [0.25, 0.3) is 10.9 Å². The quantitative estimate of drug-likeness (QED) is 0.689. The first-order chi connectivity index (χ1) is 10.1. The first-order valence-electron chi connectivity index (χ1n) is 6.99. The van der Waals surface area contributed by atoms with Crippen LogP contribution in [0.3, 0.4) is 0 Å². The summed E-state index contributed by atoms with van der Waals surface area (Å²) in [5, 5.41) is 12.9. The van der Waals surface area contributed by atoms with E-state index in [1.807, 2.05) is 0 Å². The molecule has 7 heteroatoms. The minimum atomic E-state index is -0.603. The lowest BCUT2D eigenvalue weighted by Gasteiger charge is -2.13. The number of hydrogen-bond acceptors (Lipinski definition) is 3. The number of urea groups is 1. The Morgan fingerprint density at radius 2 is 2.05 bits per heavy atom. The van der Waals surface area contributed by atoms with Gasteiger partial charge in [0.2, 0.25) is 0 Å². The van der Waals surface area contributed by atoms with E-state index in [0.29, 0.717) is 16.6 Å². The fourth-order valence-corrected chi connectivity index (χ4v) is 2.70. The number of benzene rings is 1. The normalized spacial score (nSPS) is 15.2. The van der Waals surface area contributed by atoms with Crippen molar-refractivity contribution in [3.8, 4) is 0 Å². The van der Waals surface area contributed by atoms with Gasteiger partial charge in [-0.05, 0) is 31.0 Å². The van der Waals surface area contributed by atoms with Gasteiger partial charge in [0, 0.05) is 17.1 Å². The second kappa shape index (κ2) is 5.43. The molecule has 3 amide bonds. The summed E-state index contributed by atoms with van der Waals surface area (Å²) in [6.45, 7) is 0. The second-order valence-electron chi connectivity index (χ2n) is 5.28. The van der Waals surface area contributed by atoms with Gasteiger partial charge in [-0.2, -0.15) is 5.10 Å². The van der Waals surface area contributed by atoms with Crippen molar-refractivity contribution in [2.24, 2.45) is 5.73 Å². The van der Waals surface area contributed by atoms with Crippen LogP contribution >= 0.6 is 0 Å². The molecule has 2 aromatic rings. The van der Waals surface area contributed by atoms with Gasteiger partial charge in [-0.1, -0.05) is 12.8 Å². The van der Waals surface area contributed by atoms with Crippen molar-refractivity contribution < 1.29 is 9.59 Å². The van der Waals surface area contributed by atoms with E-state index in [0.717, 1.165) is 25.7 Å². The summed E-state index contributed by atoms with van der Waals surface area (Å²) in [6.07, 6.45) is 4.38. The van der Waals surface area contributed by atoms with Crippen LogP contribution in [0.2, 0.25) is 0 Å². The fraction of sp³-hybridized carbons (Fsp3) is 0.357. The molecule has 1 aliphatic carbocycles. The number of hydrogen-bond donors (Lipinski definition) is 4. The highest BCUT2D eigenvalue weighted by Gasteiger charge is 2.17. The van der Waals surface area contributed by atoms with Crippen molar-refractivity contribution in [1.29, 1.82) is 0 Å². The molecular weight excluding hydrogens is 270 g/mol. The summed E-state index contributed by atoms with van der Waals surface area (Å²) >= 11 is 0. The first-order valence-corrected chi connectivity index (χ1v) is 6.99. The molecule has 110 valence electrons. The predicted octanol–water partition coefficient (Wildman–Crippen LogP) is 1.73. The van der Waals surface area contributed by atoms with Crippen LogP contribution in [0.15, 0.2) is 18.2 Å². The third-order valence-corrected chi connectivity index (χ3v) is 3.74. The third-order valence-electron chi connectivity index (χ3n) is 3.74. The van der Waals surface area contributed by atoms with Gasteiger partial charge in [-0.15, -0.1) is 0 Å². The highest BCUT2D eigenvalue weighted by atomic mass is 16.2. The molecule has 1 aromatic carbocycles. The zero-order chi connectivity index (χ0) is 14.8. The molecule has 0 radical (unpaired) electrons. The van der Waals surface area contributed by atoms with Gasteiger partial charge in [0.25, 0.3) is 5.91 Å². The Balaban J connectivity index is 1.75. The van der Waals surface area contributed by atoms with Gasteiger partial charge >= 0.3 is 6.03 Å². The Morgan fingerprint density at radius 3 is 2.76 bits per heavy atom. The molecular formula is C14H17N5O2. The van der Waals surface area contributed by atoms with Crippen molar-refractivity contribution in [1.82, 2.24) is 15.5 Å². The lowest BCUT2D eigenvalue weighted by atomic mass is 10.2. The van der Waals surface area contributed by atoms with E-state index in [1.165, 1.54) is 0 Å². The molecule has 0 bridgehead atoms. The SMILES string of the molecule is NC(=O)c1n[nH]c2ccc(NC(=O)NC3CCCC3)cc12. The molecule has 1 fully saturated rings. The average Bonchev–Trinajstić information content (AvgIpc) is 3.06. The molecule has 1 aromatic heterocycles. The Labute approximate surface area is 121 Å². The third kappa shape index (κ3) is 2.81.